The van der Waals surface area contributed by atoms with Crippen LogP contribution in [0, 0.1) is 0 Å². The summed E-state index contributed by atoms with van der Waals surface area (Å²) in [5, 5.41) is 7.73. The van der Waals surface area contributed by atoms with Gasteiger partial charge in [0.25, 0.3) is 0 Å². The Balaban J connectivity index is 3.31. The Morgan fingerprint density at radius 2 is 2.05 bits per heavy atom. The molecule has 0 aliphatic carbocycles. The van der Waals surface area contributed by atoms with Crippen molar-refractivity contribution < 1.29 is 9.05 Å². The van der Waals surface area contributed by atoms with Gasteiger partial charge in [-0.2, -0.15) is 5.11 Å². The van der Waals surface area contributed by atoms with E-state index in [0.717, 1.165) is 0 Å². The van der Waals surface area contributed by atoms with E-state index in [0.29, 0.717) is 6.54 Å². The summed E-state index contributed by atoms with van der Waals surface area (Å²) in [6, 6.07) is 0. The van der Waals surface area contributed by atoms with Gasteiger partial charge in [-0.3, -0.25) is 5.43 Å². The van der Waals surface area contributed by atoms with Crippen LogP contribution in [-0.2, 0) is 9.05 Å². The van der Waals surface area contributed by atoms with E-state index in [1.165, 1.54) is 0 Å². The molecule has 0 saturated heterocycles. The van der Waals surface area contributed by atoms with Crippen LogP contribution < -0.4 is 5.43 Å². The maximum Gasteiger partial charge on any atom is 0.164 e. The maximum atomic E-state index is 6.33. The van der Waals surface area contributed by atoms with Crippen molar-refractivity contribution in [3.63, 3.8) is 0 Å². The SMILES string of the molecule is C=CC=P(OC(C)C)(OC(C)(C)C)C1(C)CNN=N1. The van der Waals surface area contributed by atoms with E-state index in [1.807, 2.05) is 47.3 Å². The first-order chi connectivity index (χ1) is 8.64. The summed E-state index contributed by atoms with van der Waals surface area (Å²) < 4.78 is 12.5. The molecule has 1 rings (SSSR count). The molecular formula is C13H26N3O2P. The van der Waals surface area contributed by atoms with Crippen LogP contribution in [0.1, 0.15) is 41.5 Å². The lowest BCUT2D eigenvalue weighted by Crippen LogP contribution is -2.35. The van der Waals surface area contributed by atoms with Gasteiger partial charge in [-0.05, 0) is 47.3 Å². The smallest absolute Gasteiger partial charge is 0.164 e. The van der Waals surface area contributed by atoms with Gasteiger partial charge in [0.1, 0.15) is 0 Å². The van der Waals surface area contributed by atoms with Crippen LogP contribution in [0.3, 0.4) is 0 Å². The number of nitrogens with one attached hydrogen (secondary N) is 1. The van der Waals surface area contributed by atoms with Crippen molar-refractivity contribution in [2.45, 2.75) is 58.5 Å². The van der Waals surface area contributed by atoms with E-state index < -0.39 is 12.6 Å². The fourth-order valence-corrected chi connectivity index (χ4v) is 4.95. The third kappa shape index (κ3) is 3.91. The molecule has 6 heteroatoms. The van der Waals surface area contributed by atoms with Crippen molar-refractivity contribution in [1.82, 2.24) is 5.43 Å². The Bertz CT molecular complexity index is 413. The number of hydrogen-bond acceptors (Lipinski definition) is 5. The zero-order valence-electron chi connectivity index (χ0n) is 12.8. The Labute approximate surface area is 116 Å². The van der Waals surface area contributed by atoms with Crippen LogP contribution in [0.5, 0.6) is 0 Å². The summed E-state index contributed by atoms with van der Waals surface area (Å²) >= 11 is 0. The second-order valence-corrected chi connectivity index (χ2v) is 8.94. The number of allylic oxidation sites excluding steroid dienone is 1. The first kappa shape index (κ1) is 16.4. The number of rotatable bonds is 5. The van der Waals surface area contributed by atoms with E-state index in [1.54, 1.807) is 6.08 Å². The zero-order chi connectivity index (χ0) is 14.7. The van der Waals surface area contributed by atoms with Crippen molar-refractivity contribution in [2.24, 2.45) is 10.3 Å². The number of nitrogens with zero attached hydrogens (tertiary/aromatic N) is 2. The van der Waals surface area contributed by atoms with Crippen molar-refractivity contribution >= 4 is 13.1 Å². The summed E-state index contributed by atoms with van der Waals surface area (Å²) in [6.07, 6.45) is 1.78. The highest BCUT2D eigenvalue weighted by Crippen LogP contribution is 2.64. The molecule has 110 valence electrons. The Morgan fingerprint density at radius 1 is 1.42 bits per heavy atom. The van der Waals surface area contributed by atoms with Crippen LogP contribution in [0.15, 0.2) is 23.0 Å². The molecule has 2 unspecified atom stereocenters. The summed E-state index contributed by atoms with van der Waals surface area (Å²) in [7, 11) is -2.40. The molecule has 0 radical (unpaired) electrons. The molecule has 0 aromatic carbocycles. The van der Waals surface area contributed by atoms with Crippen LogP contribution in [0.25, 0.3) is 0 Å². The van der Waals surface area contributed by atoms with E-state index >= 15 is 0 Å². The lowest BCUT2D eigenvalue weighted by molar-refractivity contribution is 0.0960. The molecule has 0 spiro atoms. The third-order valence-corrected chi connectivity index (χ3v) is 6.25. The fourth-order valence-electron chi connectivity index (χ4n) is 1.85. The summed E-state index contributed by atoms with van der Waals surface area (Å²) in [4.78, 5) is 0. The first-order valence-electron chi connectivity index (χ1n) is 6.54. The lowest BCUT2D eigenvalue weighted by Gasteiger charge is -2.41. The van der Waals surface area contributed by atoms with Crippen LogP contribution >= 0.6 is 7.34 Å². The highest BCUT2D eigenvalue weighted by atomic mass is 31.2. The summed E-state index contributed by atoms with van der Waals surface area (Å²) in [5.74, 6) is 1.93. The van der Waals surface area contributed by atoms with E-state index in [9.17, 15) is 0 Å². The average molecular weight is 287 g/mol. The van der Waals surface area contributed by atoms with Gasteiger partial charge in [0.15, 0.2) is 12.6 Å². The van der Waals surface area contributed by atoms with Crippen molar-refractivity contribution in [3.8, 4) is 0 Å². The van der Waals surface area contributed by atoms with Gasteiger partial charge in [0.2, 0.25) is 0 Å². The Morgan fingerprint density at radius 3 is 2.42 bits per heavy atom. The van der Waals surface area contributed by atoms with Gasteiger partial charge in [0, 0.05) is 0 Å². The zero-order valence-corrected chi connectivity index (χ0v) is 13.7. The van der Waals surface area contributed by atoms with Gasteiger partial charge in [-0.25, -0.2) is 0 Å². The van der Waals surface area contributed by atoms with Gasteiger partial charge in [0.05, 0.1) is 18.2 Å². The molecule has 0 amide bonds. The van der Waals surface area contributed by atoms with E-state index in [2.05, 4.69) is 22.3 Å². The van der Waals surface area contributed by atoms with E-state index in [4.69, 9.17) is 9.05 Å². The predicted molar refractivity (Wildman–Crippen MR) is 81.5 cm³/mol. The molecule has 1 aliphatic heterocycles. The maximum absolute atomic E-state index is 6.33. The minimum Gasteiger partial charge on any atom is -0.333 e. The average Bonchev–Trinajstić information content (AvgIpc) is 2.63. The van der Waals surface area contributed by atoms with Crippen LogP contribution in [-0.4, -0.2) is 29.3 Å². The quantitative estimate of drug-likeness (QED) is 0.783. The molecule has 0 aromatic rings. The molecule has 2 atom stereocenters. The molecule has 1 heterocycles. The Hall–Kier alpha value is -0.640. The molecule has 0 aromatic heterocycles. The minimum absolute atomic E-state index is 0.0412. The molecular weight excluding hydrogens is 261 g/mol. The van der Waals surface area contributed by atoms with Crippen molar-refractivity contribution in [1.29, 1.82) is 0 Å². The van der Waals surface area contributed by atoms with Gasteiger partial charge in [-0.1, -0.05) is 17.9 Å². The second kappa shape index (κ2) is 5.78. The monoisotopic (exact) mass is 287 g/mol. The predicted octanol–water partition coefficient (Wildman–Crippen LogP) is 3.75. The summed E-state index contributed by atoms with van der Waals surface area (Å²) in [5.41, 5.74) is 2.58. The fraction of sp³-hybridized carbons (Fsp3) is 0.769. The first-order valence-corrected chi connectivity index (χ1v) is 8.23. The normalized spacial score (nSPS) is 26.1. The van der Waals surface area contributed by atoms with E-state index in [-0.39, 0.29) is 11.7 Å². The highest BCUT2D eigenvalue weighted by Gasteiger charge is 2.47. The lowest BCUT2D eigenvalue weighted by atomic mass is 10.2. The van der Waals surface area contributed by atoms with Gasteiger partial charge >= 0.3 is 0 Å². The largest absolute Gasteiger partial charge is 0.333 e. The van der Waals surface area contributed by atoms with Crippen molar-refractivity contribution in [3.05, 3.63) is 12.7 Å². The second-order valence-electron chi connectivity index (χ2n) is 6.09. The molecule has 0 bridgehead atoms. The molecule has 0 saturated carbocycles. The Kier molecular flexibility index (Phi) is 4.99. The minimum atomic E-state index is -2.40. The van der Waals surface area contributed by atoms with Crippen molar-refractivity contribution in [2.75, 3.05) is 6.54 Å². The van der Waals surface area contributed by atoms with Gasteiger partial charge < -0.3 is 9.05 Å². The number of hydrogen-bond donors (Lipinski definition) is 1. The molecule has 0 fully saturated rings. The molecule has 1 N–H and O–H groups in total. The summed E-state index contributed by atoms with van der Waals surface area (Å²) in [6.45, 7) is 16.5. The molecule has 19 heavy (non-hydrogen) atoms. The van der Waals surface area contributed by atoms with Crippen LogP contribution in [0.4, 0.5) is 0 Å². The topological polar surface area (TPSA) is 55.2 Å². The van der Waals surface area contributed by atoms with Crippen LogP contribution in [0.2, 0.25) is 0 Å². The highest BCUT2D eigenvalue weighted by molar-refractivity contribution is 7.67. The van der Waals surface area contributed by atoms with Gasteiger partial charge in [-0.15, -0.1) is 0 Å². The third-order valence-electron chi connectivity index (χ3n) is 2.50. The molecule has 1 aliphatic rings. The molecule has 5 nitrogen and oxygen atoms in total. The standard InChI is InChI=1S/C13H26N3O2P/c1-8-9-19(17-11(2)3,18-12(4,5)6)13(7)10-14-16-15-13/h8-9,11H,1,10H2,2-7H3,(H,14,15).